The van der Waals surface area contributed by atoms with Crippen LogP contribution in [-0.4, -0.2) is 11.2 Å². The Kier molecular flexibility index (Phi) is 5.41. The third kappa shape index (κ3) is 3.65. The maximum Gasteiger partial charge on any atom is 0.114 e. The molecule has 2 nitrogen and oxygen atoms in total. The van der Waals surface area contributed by atoms with Crippen LogP contribution in [0.3, 0.4) is 0 Å². The molecule has 0 radical (unpaired) electrons. The first-order valence-electron chi connectivity index (χ1n) is 9.21. The van der Waals surface area contributed by atoms with Gasteiger partial charge in [-0.3, -0.25) is 0 Å². The number of aliphatic hydroxyl groups excluding tert-OH is 1. The van der Waals surface area contributed by atoms with Crippen molar-refractivity contribution in [3.63, 3.8) is 0 Å². The molecule has 2 aliphatic carbocycles. The van der Waals surface area contributed by atoms with Crippen molar-refractivity contribution in [1.29, 1.82) is 0 Å². The van der Waals surface area contributed by atoms with Crippen molar-refractivity contribution in [2.24, 2.45) is 5.92 Å². The second-order valence-electron chi connectivity index (χ2n) is 7.24. The topological polar surface area (TPSA) is 33.4 Å². The van der Waals surface area contributed by atoms with Crippen LogP contribution >= 0.6 is 0 Å². The van der Waals surface area contributed by atoms with E-state index in [1.165, 1.54) is 64.2 Å². The van der Waals surface area contributed by atoms with E-state index >= 15 is 0 Å². The van der Waals surface area contributed by atoms with E-state index in [9.17, 15) is 5.11 Å². The van der Waals surface area contributed by atoms with E-state index in [2.05, 4.69) is 12.6 Å². The van der Waals surface area contributed by atoms with Gasteiger partial charge in [0.05, 0.1) is 6.10 Å². The lowest BCUT2D eigenvalue weighted by Gasteiger charge is -2.26. The number of hydrogen-bond donors (Lipinski definition) is 1. The molecule has 0 bridgehead atoms. The van der Waals surface area contributed by atoms with Gasteiger partial charge >= 0.3 is 0 Å². The highest BCUT2D eigenvalue weighted by Crippen LogP contribution is 2.37. The SMILES string of the molecule is C=Cc1cc(CC(O)C2CCCCC2)oc1C1CCCCC1. The highest BCUT2D eigenvalue weighted by Gasteiger charge is 2.25. The fourth-order valence-electron chi connectivity index (χ4n) is 4.31. The van der Waals surface area contributed by atoms with E-state index in [0.717, 1.165) is 17.1 Å². The molecule has 1 unspecified atom stereocenters. The molecular formula is C20H30O2. The molecule has 122 valence electrons. The summed E-state index contributed by atoms with van der Waals surface area (Å²) >= 11 is 0. The summed E-state index contributed by atoms with van der Waals surface area (Å²) in [7, 11) is 0. The van der Waals surface area contributed by atoms with Crippen molar-refractivity contribution >= 4 is 6.08 Å². The maximum absolute atomic E-state index is 10.5. The lowest BCUT2D eigenvalue weighted by molar-refractivity contribution is 0.0800. The highest BCUT2D eigenvalue weighted by atomic mass is 16.3. The zero-order chi connectivity index (χ0) is 15.4. The second-order valence-corrected chi connectivity index (χ2v) is 7.24. The molecule has 0 amide bonds. The van der Waals surface area contributed by atoms with Gasteiger partial charge in [0.15, 0.2) is 0 Å². The van der Waals surface area contributed by atoms with Crippen LogP contribution in [0.2, 0.25) is 0 Å². The minimum Gasteiger partial charge on any atom is -0.465 e. The first-order valence-corrected chi connectivity index (χ1v) is 9.21. The van der Waals surface area contributed by atoms with Gasteiger partial charge in [0.1, 0.15) is 11.5 Å². The van der Waals surface area contributed by atoms with Crippen LogP contribution in [0.25, 0.3) is 6.08 Å². The van der Waals surface area contributed by atoms with Gasteiger partial charge in [-0.2, -0.15) is 0 Å². The molecule has 2 saturated carbocycles. The van der Waals surface area contributed by atoms with Crippen molar-refractivity contribution in [3.05, 3.63) is 29.7 Å². The Morgan fingerprint density at radius 3 is 2.36 bits per heavy atom. The molecule has 22 heavy (non-hydrogen) atoms. The van der Waals surface area contributed by atoms with Gasteiger partial charge in [-0.25, -0.2) is 0 Å². The number of furan rings is 1. The summed E-state index contributed by atoms with van der Waals surface area (Å²) in [5.41, 5.74) is 1.15. The summed E-state index contributed by atoms with van der Waals surface area (Å²) in [5, 5.41) is 10.5. The fraction of sp³-hybridized carbons (Fsp3) is 0.700. The smallest absolute Gasteiger partial charge is 0.114 e. The van der Waals surface area contributed by atoms with E-state index in [-0.39, 0.29) is 6.10 Å². The Balaban J connectivity index is 1.68. The Bertz CT molecular complexity index is 476. The van der Waals surface area contributed by atoms with Gasteiger partial charge in [-0.15, -0.1) is 0 Å². The maximum atomic E-state index is 10.5. The van der Waals surface area contributed by atoms with Gasteiger partial charge in [0.2, 0.25) is 0 Å². The van der Waals surface area contributed by atoms with Crippen molar-refractivity contribution in [2.75, 3.05) is 0 Å². The summed E-state index contributed by atoms with van der Waals surface area (Å²) in [4.78, 5) is 0. The molecule has 2 fully saturated rings. The highest BCUT2D eigenvalue weighted by molar-refractivity contribution is 5.51. The van der Waals surface area contributed by atoms with Crippen LogP contribution in [0.5, 0.6) is 0 Å². The zero-order valence-electron chi connectivity index (χ0n) is 13.7. The summed E-state index contributed by atoms with van der Waals surface area (Å²) in [6, 6.07) is 2.11. The van der Waals surface area contributed by atoms with Crippen molar-refractivity contribution in [3.8, 4) is 0 Å². The Labute approximate surface area is 134 Å². The Morgan fingerprint density at radius 1 is 1.09 bits per heavy atom. The Morgan fingerprint density at radius 2 is 1.73 bits per heavy atom. The van der Waals surface area contributed by atoms with Crippen LogP contribution in [-0.2, 0) is 6.42 Å². The average Bonchev–Trinajstić information content (AvgIpc) is 2.99. The van der Waals surface area contributed by atoms with E-state index in [1.807, 2.05) is 6.08 Å². The van der Waals surface area contributed by atoms with Gasteiger partial charge < -0.3 is 9.52 Å². The molecule has 0 aliphatic heterocycles. The summed E-state index contributed by atoms with van der Waals surface area (Å²) in [6.07, 6.45) is 15.0. The van der Waals surface area contributed by atoms with E-state index < -0.39 is 0 Å². The predicted molar refractivity (Wildman–Crippen MR) is 90.9 cm³/mol. The van der Waals surface area contributed by atoms with Crippen LogP contribution in [0.15, 0.2) is 17.1 Å². The van der Waals surface area contributed by atoms with E-state index in [1.54, 1.807) is 0 Å². The minimum atomic E-state index is -0.247. The van der Waals surface area contributed by atoms with Crippen LogP contribution < -0.4 is 0 Å². The molecule has 1 heterocycles. The summed E-state index contributed by atoms with van der Waals surface area (Å²) in [5.74, 6) is 3.10. The van der Waals surface area contributed by atoms with Crippen molar-refractivity contribution in [2.45, 2.75) is 82.7 Å². The van der Waals surface area contributed by atoms with Gasteiger partial charge in [-0.1, -0.05) is 51.2 Å². The van der Waals surface area contributed by atoms with Crippen molar-refractivity contribution < 1.29 is 9.52 Å². The summed E-state index contributed by atoms with van der Waals surface area (Å²) in [6.45, 7) is 3.95. The first-order chi connectivity index (χ1) is 10.8. The largest absolute Gasteiger partial charge is 0.465 e. The molecular weight excluding hydrogens is 272 g/mol. The first kappa shape index (κ1) is 15.9. The fourth-order valence-corrected chi connectivity index (χ4v) is 4.31. The zero-order valence-corrected chi connectivity index (χ0v) is 13.7. The lowest BCUT2D eigenvalue weighted by Crippen LogP contribution is -2.24. The number of rotatable bonds is 5. The molecule has 3 rings (SSSR count). The second kappa shape index (κ2) is 7.50. The predicted octanol–water partition coefficient (Wildman–Crippen LogP) is 5.45. The van der Waals surface area contributed by atoms with Crippen LogP contribution in [0.4, 0.5) is 0 Å². The molecule has 0 aromatic carbocycles. The molecule has 1 aromatic rings. The molecule has 2 heteroatoms. The normalized spacial score (nSPS) is 22.6. The monoisotopic (exact) mass is 302 g/mol. The molecule has 1 N–H and O–H groups in total. The molecule has 0 spiro atoms. The standard InChI is InChI=1S/C20H30O2/c1-2-15-13-18(14-19(21)16-9-5-3-6-10-16)22-20(15)17-11-7-4-8-12-17/h2,13,16-17,19,21H,1,3-12,14H2. The van der Waals surface area contributed by atoms with Crippen LogP contribution in [0, 0.1) is 5.92 Å². The van der Waals surface area contributed by atoms with Gasteiger partial charge in [0.25, 0.3) is 0 Å². The number of hydrogen-bond acceptors (Lipinski definition) is 2. The average molecular weight is 302 g/mol. The summed E-state index contributed by atoms with van der Waals surface area (Å²) < 4.78 is 6.18. The van der Waals surface area contributed by atoms with Crippen LogP contribution in [0.1, 0.15) is 87.2 Å². The minimum absolute atomic E-state index is 0.247. The Hall–Kier alpha value is -1.02. The number of aliphatic hydroxyl groups is 1. The third-order valence-electron chi connectivity index (χ3n) is 5.64. The molecule has 2 aliphatic rings. The molecule has 0 saturated heterocycles. The van der Waals surface area contributed by atoms with Gasteiger partial charge in [-0.05, 0) is 37.7 Å². The van der Waals surface area contributed by atoms with E-state index in [0.29, 0.717) is 18.3 Å². The van der Waals surface area contributed by atoms with E-state index in [4.69, 9.17) is 4.42 Å². The molecule has 1 aromatic heterocycles. The molecule has 1 atom stereocenters. The quantitative estimate of drug-likeness (QED) is 0.784. The van der Waals surface area contributed by atoms with Gasteiger partial charge in [0, 0.05) is 17.9 Å². The van der Waals surface area contributed by atoms with Crippen molar-refractivity contribution in [1.82, 2.24) is 0 Å². The third-order valence-corrected chi connectivity index (χ3v) is 5.64. The lowest BCUT2D eigenvalue weighted by atomic mass is 9.84.